The Kier molecular flexibility index (Phi) is 14.9. The number of nitrogens with zero attached hydrogens (tertiary/aromatic N) is 10. The molecule has 70 heavy (non-hydrogen) atoms. The fourth-order valence-electron chi connectivity index (χ4n) is 9.02. The number of phenols is 1. The number of hydrogen-bond donors (Lipinski definition) is 4. The van der Waals surface area contributed by atoms with Gasteiger partial charge < -0.3 is 35.4 Å². The van der Waals surface area contributed by atoms with E-state index in [9.17, 15) is 19.6 Å². The first-order valence-electron chi connectivity index (χ1n) is 23.8. The number of benzene rings is 4. The van der Waals surface area contributed by atoms with Gasteiger partial charge in [-0.15, -0.1) is 10.0 Å². The van der Waals surface area contributed by atoms with Crippen molar-refractivity contribution >= 4 is 40.1 Å². The molecule has 19 heteroatoms. The maximum atomic E-state index is 13.0. The number of hydrogen-bond acceptors (Lipinski definition) is 15. The molecular formula is C51H59N13O6. The van der Waals surface area contributed by atoms with Crippen LogP contribution in [0.5, 0.6) is 5.75 Å². The average Bonchev–Trinajstić information content (AvgIpc) is 3.98. The van der Waals surface area contributed by atoms with E-state index < -0.39 is 5.69 Å². The van der Waals surface area contributed by atoms with Gasteiger partial charge in [0.05, 0.1) is 55.9 Å². The van der Waals surface area contributed by atoms with Gasteiger partial charge in [0.1, 0.15) is 11.4 Å². The third kappa shape index (κ3) is 11.2. The Labute approximate surface area is 405 Å². The Hall–Kier alpha value is -7.45. The highest BCUT2D eigenvalue weighted by molar-refractivity contribution is 5.77. The number of carbonyl (C=O) groups is 1. The number of piperazine rings is 2. The molecule has 0 spiro atoms. The van der Waals surface area contributed by atoms with Crippen LogP contribution in [-0.2, 0) is 20.8 Å². The van der Waals surface area contributed by atoms with E-state index in [4.69, 9.17) is 20.3 Å². The Morgan fingerprint density at radius 3 is 2.30 bits per heavy atom. The zero-order valence-electron chi connectivity index (χ0n) is 39.5. The van der Waals surface area contributed by atoms with Gasteiger partial charge in [-0.3, -0.25) is 14.6 Å². The van der Waals surface area contributed by atoms with Gasteiger partial charge in [-0.05, 0) is 89.0 Å². The highest BCUT2D eigenvalue weighted by atomic mass is 16.5. The molecule has 4 aromatic carbocycles. The van der Waals surface area contributed by atoms with Gasteiger partial charge in [0.2, 0.25) is 11.9 Å². The number of amides is 1. The van der Waals surface area contributed by atoms with Gasteiger partial charge in [-0.1, -0.05) is 38.1 Å². The number of aromatic hydroxyl groups is 1. The smallest absolute Gasteiger partial charge is 0.348 e. The maximum absolute atomic E-state index is 13.0. The quantitative estimate of drug-likeness (QED) is 0.0393. The number of fused-ring (bicyclic) bond motifs is 1. The molecule has 0 unspecified atom stereocenters. The van der Waals surface area contributed by atoms with Crippen LogP contribution in [0.2, 0.25) is 0 Å². The molecule has 0 aliphatic carbocycles. The SMILES string of the molecule is CC(C)c1cc(-c2n[nH]c(=O)n2-c2ccc(CN3CCN(C(=O)CCOCCOCCN4CCN(c5ccc(Nc6ncc7ccc(-c8cccc(N)c8)n7n6)cc5)CC4)CC3)cc2)c(N=O)cc1O. The number of nitrogens with two attached hydrogens (primary N) is 1. The molecule has 0 atom stereocenters. The van der Waals surface area contributed by atoms with Crippen molar-refractivity contribution in [3.63, 3.8) is 0 Å². The van der Waals surface area contributed by atoms with Gasteiger partial charge in [-0.2, -0.15) is 5.10 Å². The molecular weight excluding hydrogens is 891 g/mol. The molecule has 2 aliphatic rings. The lowest BCUT2D eigenvalue weighted by atomic mass is 9.98. The highest BCUT2D eigenvalue weighted by Crippen LogP contribution is 2.38. The minimum absolute atomic E-state index is 0.0117. The largest absolute Gasteiger partial charge is 0.508 e. The Balaban J connectivity index is 0.632. The van der Waals surface area contributed by atoms with Gasteiger partial charge in [0, 0.05) is 99.7 Å². The van der Waals surface area contributed by atoms with E-state index in [1.165, 1.54) is 16.3 Å². The Morgan fingerprint density at radius 1 is 0.843 bits per heavy atom. The molecule has 9 rings (SSSR count). The molecule has 5 N–H and O–H groups in total. The number of nitroso groups, excluding NO2 is 1. The van der Waals surface area contributed by atoms with Crippen LogP contribution in [0.25, 0.3) is 33.8 Å². The monoisotopic (exact) mass is 949 g/mol. The lowest BCUT2D eigenvalue weighted by Crippen LogP contribution is -2.48. The van der Waals surface area contributed by atoms with Crippen molar-refractivity contribution in [2.45, 2.75) is 32.7 Å². The number of carbonyl (C=O) groups excluding carboxylic acids is 1. The average molecular weight is 950 g/mol. The molecule has 0 saturated carbocycles. The van der Waals surface area contributed by atoms with E-state index in [1.54, 1.807) is 6.07 Å². The van der Waals surface area contributed by atoms with Crippen LogP contribution in [0.4, 0.5) is 28.7 Å². The van der Waals surface area contributed by atoms with E-state index in [-0.39, 0.29) is 29.1 Å². The van der Waals surface area contributed by atoms with E-state index in [2.05, 4.69) is 64.6 Å². The first kappa shape index (κ1) is 47.6. The number of rotatable bonds is 19. The van der Waals surface area contributed by atoms with Gasteiger partial charge in [0.15, 0.2) is 5.82 Å². The molecule has 19 nitrogen and oxygen atoms in total. The van der Waals surface area contributed by atoms with Crippen molar-refractivity contribution in [3.05, 3.63) is 130 Å². The summed E-state index contributed by atoms with van der Waals surface area (Å²) in [6.07, 6.45) is 2.14. The molecule has 2 fully saturated rings. The first-order valence-corrected chi connectivity index (χ1v) is 23.8. The number of anilines is 4. The van der Waals surface area contributed by atoms with Crippen molar-refractivity contribution in [1.82, 2.24) is 44.1 Å². The molecule has 2 aliphatic heterocycles. The standard InChI is InChI=1S/C51H59N13O6/c1-35(2)43-31-44(45(58-68)32-47(43)65)49-55-56-51(67)63(49)41-10-6-36(7-11-41)34-60-19-23-62(24-20-60)48(66)16-26-69-28-29-70-27-25-59-17-21-61(22-18-59)40-12-8-39(9-13-40)54-50-53-33-42-14-15-46(64(42)57-50)37-4-3-5-38(52)30-37/h3-15,30-33,35,65H,16-29,34,52H2,1-2H3,(H,54,57)(H,56,67). The fourth-order valence-corrected chi connectivity index (χ4v) is 9.02. The minimum atomic E-state index is -0.463. The first-order chi connectivity index (χ1) is 34.1. The summed E-state index contributed by atoms with van der Waals surface area (Å²) >= 11 is 0. The lowest BCUT2D eigenvalue weighted by molar-refractivity contribution is -0.134. The predicted octanol–water partition coefficient (Wildman–Crippen LogP) is 6.38. The molecule has 2 saturated heterocycles. The van der Waals surface area contributed by atoms with Crippen molar-refractivity contribution in [2.75, 3.05) is 101 Å². The van der Waals surface area contributed by atoms with Gasteiger partial charge >= 0.3 is 5.69 Å². The predicted molar refractivity (Wildman–Crippen MR) is 270 cm³/mol. The summed E-state index contributed by atoms with van der Waals surface area (Å²) in [5, 5.41) is 28.3. The summed E-state index contributed by atoms with van der Waals surface area (Å²) in [6, 6.07) is 30.7. The second-order valence-electron chi connectivity index (χ2n) is 17.9. The van der Waals surface area contributed by atoms with E-state index >= 15 is 0 Å². The van der Waals surface area contributed by atoms with E-state index in [0.717, 1.165) is 73.8 Å². The number of nitrogen functional groups attached to an aromatic ring is 1. The molecule has 0 bridgehead atoms. The van der Waals surface area contributed by atoms with Crippen LogP contribution >= 0.6 is 0 Å². The third-order valence-electron chi connectivity index (χ3n) is 12.9. The van der Waals surface area contributed by atoms with E-state index in [1.807, 2.05) is 90.1 Å². The maximum Gasteiger partial charge on any atom is 0.348 e. The molecule has 0 radical (unpaired) electrons. The van der Waals surface area contributed by atoms with Crippen LogP contribution < -0.4 is 21.6 Å². The highest BCUT2D eigenvalue weighted by Gasteiger charge is 2.23. The normalized spacial score (nSPS) is 14.7. The number of phenolic OH excluding ortho intramolecular Hbond substituents is 1. The summed E-state index contributed by atoms with van der Waals surface area (Å²) in [6.45, 7) is 13.8. The van der Waals surface area contributed by atoms with Crippen molar-refractivity contribution in [3.8, 4) is 34.1 Å². The van der Waals surface area contributed by atoms with Gasteiger partial charge in [0.25, 0.3) is 0 Å². The number of ether oxygens (including phenoxy) is 2. The second-order valence-corrected chi connectivity index (χ2v) is 17.9. The topological polar surface area (TPSA) is 217 Å². The molecule has 3 aromatic heterocycles. The lowest BCUT2D eigenvalue weighted by Gasteiger charge is -2.36. The second kappa shape index (κ2) is 21.9. The van der Waals surface area contributed by atoms with Crippen LogP contribution in [0.3, 0.4) is 0 Å². The number of nitrogens with one attached hydrogen (secondary N) is 2. The zero-order chi connectivity index (χ0) is 48.6. The number of aromatic amines is 1. The summed E-state index contributed by atoms with van der Waals surface area (Å²) in [4.78, 5) is 51.1. The summed E-state index contributed by atoms with van der Waals surface area (Å²) in [7, 11) is 0. The third-order valence-corrected chi connectivity index (χ3v) is 12.9. The zero-order valence-corrected chi connectivity index (χ0v) is 39.5. The molecule has 1 amide bonds. The fraction of sp³-hybridized carbons (Fsp3) is 0.353. The van der Waals surface area contributed by atoms with Crippen molar-refractivity contribution < 1.29 is 19.4 Å². The molecule has 364 valence electrons. The number of aromatic nitrogens is 6. The van der Waals surface area contributed by atoms with E-state index in [0.29, 0.717) is 80.9 Å². The Bertz CT molecular complexity index is 2950. The van der Waals surface area contributed by atoms with Crippen molar-refractivity contribution in [2.24, 2.45) is 5.18 Å². The number of H-pyrrole nitrogens is 1. The summed E-state index contributed by atoms with van der Waals surface area (Å²) in [5.74, 6) is 0.758. The molecule has 7 aromatic rings. The summed E-state index contributed by atoms with van der Waals surface area (Å²) in [5.41, 5.74) is 13.8. The van der Waals surface area contributed by atoms with Crippen LogP contribution in [0.15, 0.2) is 113 Å². The molecule has 5 heterocycles. The van der Waals surface area contributed by atoms with Crippen LogP contribution in [0, 0.1) is 4.91 Å². The summed E-state index contributed by atoms with van der Waals surface area (Å²) < 4.78 is 14.9. The Morgan fingerprint density at radius 2 is 1.57 bits per heavy atom. The minimum Gasteiger partial charge on any atom is -0.508 e. The van der Waals surface area contributed by atoms with Crippen molar-refractivity contribution in [1.29, 1.82) is 0 Å². The van der Waals surface area contributed by atoms with Crippen LogP contribution in [0.1, 0.15) is 37.3 Å². The van der Waals surface area contributed by atoms with Gasteiger partial charge in [-0.25, -0.2) is 24.0 Å². The van der Waals surface area contributed by atoms with Crippen LogP contribution in [-0.4, -0.2) is 140 Å².